The molecule has 1 aliphatic carbocycles. The number of carbonyl (C=O) groups is 2. The maximum Gasteiger partial charge on any atom is 0.338 e. The number of aliphatic imine (C=N–C) groups is 1. The van der Waals surface area contributed by atoms with Crippen LogP contribution in [-0.4, -0.2) is 44.3 Å². The highest BCUT2D eigenvalue weighted by Gasteiger charge is 2.39. The van der Waals surface area contributed by atoms with E-state index in [2.05, 4.69) is 15.4 Å². The quantitative estimate of drug-likeness (QED) is 0.208. The fraction of sp³-hybridized carbons (Fsp3) is 0.433. The van der Waals surface area contributed by atoms with Crippen LogP contribution in [0.1, 0.15) is 81.0 Å². The van der Waals surface area contributed by atoms with Gasteiger partial charge in [0, 0.05) is 29.0 Å². The predicted molar refractivity (Wildman–Crippen MR) is 158 cm³/mol. The minimum Gasteiger partial charge on any atom is -0.481 e. The number of carboxylic acids is 1. The molecule has 228 valence electrons. The van der Waals surface area contributed by atoms with E-state index in [1.54, 1.807) is 29.4 Å². The van der Waals surface area contributed by atoms with Gasteiger partial charge in [-0.3, -0.25) is 14.5 Å². The number of nitrogens with zero attached hydrogens (tertiary/aromatic N) is 4. The Labute approximate surface area is 256 Å². The zero-order chi connectivity index (χ0) is 30.9. The van der Waals surface area contributed by atoms with E-state index in [0.717, 1.165) is 24.5 Å². The third-order valence-electron chi connectivity index (χ3n) is 7.98. The number of hydrogen-bond acceptors (Lipinski definition) is 8. The van der Waals surface area contributed by atoms with E-state index in [1.807, 2.05) is 20.0 Å². The average Bonchev–Trinajstić information content (AvgIpc) is 3.69. The van der Waals surface area contributed by atoms with Gasteiger partial charge in [0.2, 0.25) is 0 Å². The van der Waals surface area contributed by atoms with Crippen LogP contribution >= 0.6 is 22.9 Å². The first-order valence-electron chi connectivity index (χ1n) is 14.1. The normalized spacial score (nSPS) is 20.9. The van der Waals surface area contributed by atoms with E-state index in [1.165, 1.54) is 17.4 Å². The standard InChI is InChI=1S/C30H32ClF2N5O4S/c1-4-42-29(41)22-25(17-7-5-16(6-8-17)18-14-35-38(15-18)30(2,3)13-21(39)40)36-27(28-34-11-12-43-28)37-26(22)19-9-10-20(32)24(33)23(19)31/h9-12,14-17,26H,4-8,13H2,1-3H3,(H,36,37)(H,39,40)/t16-,17-,26?. The molecule has 0 bridgehead atoms. The van der Waals surface area contributed by atoms with Crippen LogP contribution in [0.3, 0.4) is 0 Å². The first kappa shape index (κ1) is 30.8. The van der Waals surface area contributed by atoms with Crippen LogP contribution in [0.5, 0.6) is 0 Å². The number of carboxylic acid groups (broad SMARTS) is 1. The number of esters is 1. The fourth-order valence-corrected chi connectivity index (χ4v) is 6.64. The summed E-state index contributed by atoms with van der Waals surface area (Å²) in [6.45, 7) is 5.49. The van der Waals surface area contributed by atoms with Gasteiger partial charge in [-0.2, -0.15) is 5.10 Å². The Balaban J connectivity index is 1.48. The van der Waals surface area contributed by atoms with E-state index >= 15 is 0 Å². The zero-order valence-corrected chi connectivity index (χ0v) is 25.5. The van der Waals surface area contributed by atoms with Crippen molar-refractivity contribution in [2.75, 3.05) is 6.61 Å². The molecule has 0 amide bonds. The minimum absolute atomic E-state index is 0.0521. The molecule has 0 saturated heterocycles. The summed E-state index contributed by atoms with van der Waals surface area (Å²) >= 11 is 7.66. The summed E-state index contributed by atoms with van der Waals surface area (Å²) in [7, 11) is 0. The highest BCUT2D eigenvalue weighted by Crippen LogP contribution is 2.44. The van der Waals surface area contributed by atoms with Crippen LogP contribution in [0.4, 0.5) is 8.78 Å². The highest BCUT2D eigenvalue weighted by atomic mass is 35.5. The van der Waals surface area contributed by atoms with Gasteiger partial charge in [0.1, 0.15) is 6.04 Å². The first-order valence-corrected chi connectivity index (χ1v) is 15.3. The van der Waals surface area contributed by atoms with Crippen molar-refractivity contribution in [3.8, 4) is 0 Å². The molecule has 5 rings (SSSR count). The summed E-state index contributed by atoms with van der Waals surface area (Å²) < 4.78 is 35.8. The smallest absolute Gasteiger partial charge is 0.338 e. The van der Waals surface area contributed by atoms with Gasteiger partial charge in [-0.05, 0) is 69.9 Å². The van der Waals surface area contributed by atoms with Crippen molar-refractivity contribution in [2.45, 2.75) is 70.4 Å². The van der Waals surface area contributed by atoms with Crippen molar-refractivity contribution in [3.63, 3.8) is 0 Å². The Morgan fingerprint density at radius 2 is 1.93 bits per heavy atom. The van der Waals surface area contributed by atoms with Crippen LogP contribution in [0, 0.1) is 17.6 Å². The second-order valence-electron chi connectivity index (χ2n) is 11.3. The Hall–Kier alpha value is -3.64. The number of halogens is 3. The van der Waals surface area contributed by atoms with Gasteiger partial charge in [-0.25, -0.2) is 18.6 Å². The molecular formula is C30H32ClF2N5O4S. The lowest BCUT2D eigenvalue weighted by Crippen LogP contribution is -2.38. The predicted octanol–water partition coefficient (Wildman–Crippen LogP) is 6.36. The maximum atomic E-state index is 14.6. The topological polar surface area (TPSA) is 119 Å². The molecule has 1 aliphatic heterocycles. The molecule has 2 N–H and O–H groups in total. The second-order valence-corrected chi connectivity index (χ2v) is 12.6. The van der Waals surface area contributed by atoms with Crippen molar-refractivity contribution >= 4 is 40.7 Å². The summed E-state index contributed by atoms with van der Waals surface area (Å²) in [6, 6.07) is 1.28. The number of ether oxygens (including phenoxy) is 1. The van der Waals surface area contributed by atoms with Crippen molar-refractivity contribution in [3.05, 3.63) is 80.2 Å². The SMILES string of the molecule is CCOC(=O)C1=C([C@H]2CC[C@H](c3cnn(C(C)(C)CC(=O)O)c3)CC2)NC(c2nccs2)=NC1c1ccc(F)c(F)c1Cl. The number of benzene rings is 1. The number of amidine groups is 1. The van der Waals surface area contributed by atoms with Crippen LogP contribution in [0.2, 0.25) is 5.02 Å². The lowest BCUT2D eigenvalue weighted by Gasteiger charge is -2.35. The monoisotopic (exact) mass is 631 g/mol. The van der Waals surface area contributed by atoms with Gasteiger partial charge in [0.25, 0.3) is 0 Å². The number of carbonyl (C=O) groups excluding carboxylic acids is 1. The largest absolute Gasteiger partial charge is 0.481 e. The van der Waals surface area contributed by atoms with Gasteiger partial charge >= 0.3 is 11.9 Å². The second kappa shape index (κ2) is 12.5. The molecule has 9 nitrogen and oxygen atoms in total. The van der Waals surface area contributed by atoms with E-state index in [4.69, 9.17) is 21.3 Å². The van der Waals surface area contributed by atoms with E-state index in [0.29, 0.717) is 29.4 Å². The molecule has 0 radical (unpaired) electrons. The highest BCUT2D eigenvalue weighted by molar-refractivity contribution is 7.11. The molecule has 3 heterocycles. The molecule has 13 heteroatoms. The summed E-state index contributed by atoms with van der Waals surface area (Å²) in [5, 5.41) is 19.0. The maximum absolute atomic E-state index is 14.6. The number of aliphatic carboxylic acids is 1. The molecule has 43 heavy (non-hydrogen) atoms. The Kier molecular flexibility index (Phi) is 8.98. The Morgan fingerprint density at radius 1 is 1.21 bits per heavy atom. The van der Waals surface area contributed by atoms with Crippen LogP contribution in [-0.2, 0) is 19.9 Å². The molecule has 1 fully saturated rings. The van der Waals surface area contributed by atoms with Crippen LogP contribution < -0.4 is 5.32 Å². The number of allylic oxidation sites excluding steroid dienone is 1. The summed E-state index contributed by atoms with van der Waals surface area (Å²) in [6.07, 6.45) is 8.30. The zero-order valence-electron chi connectivity index (χ0n) is 23.9. The summed E-state index contributed by atoms with van der Waals surface area (Å²) in [5.74, 6) is -3.29. The first-order chi connectivity index (χ1) is 20.5. The summed E-state index contributed by atoms with van der Waals surface area (Å²) in [5.41, 5.74) is 1.34. The minimum atomic E-state index is -1.21. The molecule has 3 aromatic rings. The number of thiazole rings is 1. The van der Waals surface area contributed by atoms with Gasteiger partial charge in [-0.1, -0.05) is 17.7 Å². The van der Waals surface area contributed by atoms with Crippen molar-refractivity contribution in [1.82, 2.24) is 20.1 Å². The molecule has 1 atom stereocenters. The molecule has 1 saturated carbocycles. The fourth-order valence-electron chi connectivity index (χ4n) is 5.79. The van der Waals surface area contributed by atoms with E-state index in [9.17, 15) is 23.5 Å². The van der Waals surface area contributed by atoms with Crippen molar-refractivity contribution in [1.29, 1.82) is 0 Å². The van der Waals surface area contributed by atoms with Crippen LogP contribution in [0.25, 0.3) is 0 Å². The third kappa shape index (κ3) is 6.35. The molecule has 2 aromatic heterocycles. The van der Waals surface area contributed by atoms with Gasteiger partial charge in [0.05, 0.1) is 35.4 Å². The lowest BCUT2D eigenvalue weighted by atomic mass is 9.76. The molecule has 0 spiro atoms. The summed E-state index contributed by atoms with van der Waals surface area (Å²) in [4.78, 5) is 33.9. The molecular weight excluding hydrogens is 600 g/mol. The number of nitrogens with one attached hydrogen (secondary N) is 1. The molecule has 1 unspecified atom stereocenters. The van der Waals surface area contributed by atoms with Crippen LogP contribution in [0.15, 0.2) is 52.4 Å². The van der Waals surface area contributed by atoms with Gasteiger partial charge in [0.15, 0.2) is 22.5 Å². The van der Waals surface area contributed by atoms with Crippen molar-refractivity contribution < 1.29 is 28.2 Å². The van der Waals surface area contributed by atoms with Gasteiger partial charge < -0.3 is 15.2 Å². The van der Waals surface area contributed by atoms with E-state index < -0.39 is 40.2 Å². The third-order valence-corrected chi connectivity index (χ3v) is 9.14. The molecule has 1 aromatic carbocycles. The van der Waals surface area contributed by atoms with E-state index in [-0.39, 0.29) is 36.0 Å². The van der Waals surface area contributed by atoms with Gasteiger partial charge in [-0.15, -0.1) is 11.3 Å². The lowest BCUT2D eigenvalue weighted by molar-refractivity contribution is -0.140. The number of aromatic nitrogens is 3. The molecule has 2 aliphatic rings. The average molecular weight is 632 g/mol. The Morgan fingerprint density at radius 3 is 2.58 bits per heavy atom. The number of hydrogen-bond donors (Lipinski definition) is 2. The Bertz CT molecular complexity index is 1580. The number of rotatable bonds is 9. The van der Waals surface area contributed by atoms with Crippen molar-refractivity contribution in [2.24, 2.45) is 10.9 Å².